The van der Waals surface area contributed by atoms with Gasteiger partial charge in [-0.1, -0.05) is 42.5 Å². The molecule has 0 saturated heterocycles. The van der Waals surface area contributed by atoms with Gasteiger partial charge in [-0.05, 0) is 59.4 Å². The summed E-state index contributed by atoms with van der Waals surface area (Å²) < 4.78 is 0. The maximum Gasteiger partial charge on any atom is 0.252 e. The molecule has 0 spiro atoms. The second-order valence-electron chi connectivity index (χ2n) is 6.59. The number of anilines is 1. The number of aryl methyl sites for hydroxylation is 2. The van der Waals surface area contributed by atoms with E-state index in [0.29, 0.717) is 5.56 Å². The normalized spacial score (nSPS) is 12.6. The lowest BCUT2D eigenvalue weighted by Gasteiger charge is -2.10. The fraction of sp³-hybridized carbons (Fsp3) is 0.182. The van der Waals surface area contributed by atoms with E-state index in [-0.39, 0.29) is 18.4 Å². The van der Waals surface area contributed by atoms with E-state index in [0.717, 1.165) is 29.3 Å². The van der Waals surface area contributed by atoms with E-state index in [1.54, 1.807) is 6.07 Å². The molecular weight excluding hydrogens is 324 g/mol. The van der Waals surface area contributed by atoms with Gasteiger partial charge in [-0.25, -0.2) is 0 Å². The summed E-state index contributed by atoms with van der Waals surface area (Å²) in [6, 6.07) is 19.3. The first-order chi connectivity index (χ1) is 12.7. The summed E-state index contributed by atoms with van der Waals surface area (Å²) in [4.78, 5) is 24.7. The van der Waals surface area contributed by atoms with Crippen LogP contribution in [0.2, 0.25) is 0 Å². The van der Waals surface area contributed by atoms with Crippen LogP contribution < -0.4 is 10.6 Å². The predicted molar refractivity (Wildman–Crippen MR) is 103 cm³/mol. The largest absolute Gasteiger partial charge is 0.343 e. The molecule has 0 saturated carbocycles. The van der Waals surface area contributed by atoms with E-state index in [1.165, 1.54) is 17.5 Å². The number of rotatable bonds is 4. The summed E-state index contributed by atoms with van der Waals surface area (Å²) in [6.07, 6.45) is 3.36. The molecule has 26 heavy (non-hydrogen) atoms. The minimum Gasteiger partial charge on any atom is -0.343 e. The third-order valence-corrected chi connectivity index (χ3v) is 4.83. The van der Waals surface area contributed by atoms with Crippen molar-refractivity contribution in [2.75, 3.05) is 11.9 Å². The Labute approximate surface area is 152 Å². The molecule has 3 aromatic carbocycles. The zero-order chi connectivity index (χ0) is 17.9. The predicted octanol–water partition coefficient (Wildman–Crippen LogP) is 3.70. The van der Waals surface area contributed by atoms with Gasteiger partial charge in [0.2, 0.25) is 5.91 Å². The van der Waals surface area contributed by atoms with Gasteiger partial charge in [-0.3, -0.25) is 9.59 Å². The lowest BCUT2D eigenvalue weighted by atomic mass is 10.0. The number of benzene rings is 3. The Balaban J connectivity index is 1.40. The van der Waals surface area contributed by atoms with Gasteiger partial charge in [0.25, 0.3) is 5.91 Å². The molecule has 1 aliphatic rings. The standard InChI is InChI=1S/C22H20N2O2/c25-21(24-18-12-11-15-6-3-8-17(15)13-18)14-23-22(26)20-10-4-7-16-5-1-2-9-19(16)20/h1-2,4-5,7,9-13H,3,6,8,14H2,(H,23,26)(H,24,25). The Hall–Kier alpha value is -3.14. The molecule has 0 radical (unpaired) electrons. The average molecular weight is 344 g/mol. The van der Waals surface area contributed by atoms with Crippen LogP contribution in [0, 0.1) is 0 Å². The number of amides is 2. The average Bonchev–Trinajstić information content (AvgIpc) is 3.13. The number of hydrogen-bond acceptors (Lipinski definition) is 2. The summed E-state index contributed by atoms with van der Waals surface area (Å²) in [5, 5.41) is 7.46. The number of fused-ring (bicyclic) bond motifs is 2. The molecule has 2 N–H and O–H groups in total. The van der Waals surface area contributed by atoms with Gasteiger partial charge >= 0.3 is 0 Å². The highest BCUT2D eigenvalue weighted by Crippen LogP contribution is 2.24. The highest BCUT2D eigenvalue weighted by Gasteiger charge is 2.13. The topological polar surface area (TPSA) is 58.2 Å². The van der Waals surface area contributed by atoms with Gasteiger partial charge < -0.3 is 10.6 Å². The molecule has 1 aliphatic carbocycles. The Kier molecular flexibility index (Phi) is 4.40. The number of carbonyl (C=O) groups is 2. The quantitative estimate of drug-likeness (QED) is 0.758. The van der Waals surface area contributed by atoms with Crippen molar-refractivity contribution >= 4 is 28.3 Å². The van der Waals surface area contributed by atoms with Gasteiger partial charge in [0, 0.05) is 11.3 Å². The fourth-order valence-corrected chi connectivity index (χ4v) is 3.53. The van der Waals surface area contributed by atoms with Crippen LogP contribution in [-0.4, -0.2) is 18.4 Å². The minimum atomic E-state index is -0.245. The summed E-state index contributed by atoms with van der Waals surface area (Å²) in [7, 11) is 0. The van der Waals surface area contributed by atoms with Crippen molar-refractivity contribution < 1.29 is 9.59 Å². The molecule has 4 heteroatoms. The molecule has 3 aromatic rings. The van der Waals surface area contributed by atoms with Crippen molar-refractivity contribution in [2.45, 2.75) is 19.3 Å². The third kappa shape index (κ3) is 3.31. The van der Waals surface area contributed by atoms with Gasteiger partial charge in [-0.15, -0.1) is 0 Å². The van der Waals surface area contributed by atoms with Crippen molar-refractivity contribution in [1.29, 1.82) is 0 Å². The molecule has 4 nitrogen and oxygen atoms in total. The molecule has 0 aromatic heterocycles. The first-order valence-electron chi connectivity index (χ1n) is 8.88. The van der Waals surface area contributed by atoms with E-state index >= 15 is 0 Å². The first kappa shape index (κ1) is 16.3. The minimum absolute atomic E-state index is 0.0564. The van der Waals surface area contributed by atoms with Crippen molar-refractivity contribution in [3.63, 3.8) is 0 Å². The number of carbonyl (C=O) groups excluding carboxylic acids is 2. The second kappa shape index (κ2) is 7.00. The molecule has 2 amide bonds. The van der Waals surface area contributed by atoms with Crippen LogP contribution in [0.5, 0.6) is 0 Å². The molecule has 0 unspecified atom stereocenters. The van der Waals surface area contributed by atoms with Gasteiger partial charge in [0.05, 0.1) is 6.54 Å². The van der Waals surface area contributed by atoms with Crippen LogP contribution in [0.4, 0.5) is 5.69 Å². The maximum absolute atomic E-state index is 12.5. The van der Waals surface area contributed by atoms with Crippen LogP contribution in [0.25, 0.3) is 10.8 Å². The molecule has 0 heterocycles. The van der Waals surface area contributed by atoms with Crippen LogP contribution in [-0.2, 0) is 17.6 Å². The van der Waals surface area contributed by atoms with E-state index in [1.807, 2.05) is 48.5 Å². The van der Waals surface area contributed by atoms with Crippen LogP contribution in [0.3, 0.4) is 0 Å². The van der Waals surface area contributed by atoms with E-state index in [4.69, 9.17) is 0 Å². The van der Waals surface area contributed by atoms with E-state index in [9.17, 15) is 9.59 Å². The Bertz CT molecular complexity index is 989. The van der Waals surface area contributed by atoms with Gasteiger partial charge in [0.15, 0.2) is 0 Å². The van der Waals surface area contributed by atoms with Crippen LogP contribution in [0.1, 0.15) is 27.9 Å². The Morgan fingerprint density at radius 2 is 1.69 bits per heavy atom. The lowest BCUT2D eigenvalue weighted by molar-refractivity contribution is -0.115. The first-order valence-corrected chi connectivity index (χ1v) is 8.88. The van der Waals surface area contributed by atoms with Crippen molar-refractivity contribution in [1.82, 2.24) is 5.32 Å². The van der Waals surface area contributed by atoms with Gasteiger partial charge in [-0.2, -0.15) is 0 Å². The molecule has 0 bridgehead atoms. The summed E-state index contributed by atoms with van der Waals surface area (Å²) in [5.41, 5.74) is 4.04. The maximum atomic E-state index is 12.5. The van der Waals surface area contributed by atoms with Gasteiger partial charge in [0.1, 0.15) is 0 Å². The van der Waals surface area contributed by atoms with Crippen molar-refractivity contribution in [3.8, 4) is 0 Å². The highest BCUT2D eigenvalue weighted by atomic mass is 16.2. The number of hydrogen-bond donors (Lipinski definition) is 2. The molecule has 130 valence electrons. The SMILES string of the molecule is O=C(CNC(=O)c1cccc2ccccc12)Nc1ccc2c(c1)CCC2. The smallest absolute Gasteiger partial charge is 0.252 e. The molecule has 0 fully saturated rings. The van der Waals surface area contributed by atoms with E-state index < -0.39 is 0 Å². The third-order valence-electron chi connectivity index (χ3n) is 4.83. The zero-order valence-electron chi connectivity index (χ0n) is 14.4. The zero-order valence-corrected chi connectivity index (χ0v) is 14.4. The Morgan fingerprint density at radius 1 is 0.885 bits per heavy atom. The summed E-state index contributed by atoms with van der Waals surface area (Å²) in [6.45, 7) is -0.0564. The van der Waals surface area contributed by atoms with Crippen LogP contribution in [0.15, 0.2) is 60.7 Å². The lowest BCUT2D eigenvalue weighted by Crippen LogP contribution is -2.33. The molecule has 0 atom stereocenters. The van der Waals surface area contributed by atoms with Crippen LogP contribution >= 0.6 is 0 Å². The fourth-order valence-electron chi connectivity index (χ4n) is 3.53. The van der Waals surface area contributed by atoms with Crippen molar-refractivity contribution in [2.24, 2.45) is 0 Å². The van der Waals surface area contributed by atoms with Crippen molar-refractivity contribution in [3.05, 3.63) is 77.4 Å². The molecule has 4 rings (SSSR count). The number of nitrogens with one attached hydrogen (secondary N) is 2. The summed E-state index contributed by atoms with van der Waals surface area (Å²) in [5.74, 6) is -0.470. The highest BCUT2D eigenvalue weighted by molar-refractivity contribution is 6.08. The molecular formula is C22H20N2O2. The Morgan fingerprint density at radius 3 is 2.62 bits per heavy atom. The molecule has 0 aliphatic heterocycles. The second-order valence-corrected chi connectivity index (χ2v) is 6.59. The monoisotopic (exact) mass is 344 g/mol. The summed E-state index contributed by atoms with van der Waals surface area (Å²) >= 11 is 0. The van der Waals surface area contributed by atoms with E-state index in [2.05, 4.69) is 16.7 Å².